The van der Waals surface area contributed by atoms with Crippen molar-refractivity contribution < 1.29 is 19.1 Å². The minimum absolute atomic E-state index is 0.0699. The van der Waals surface area contributed by atoms with Gasteiger partial charge in [0.25, 0.3) is 17.4 Å². The van der Waals surface area contributed by atoms with Crippen LogP contribution in [0, 0.1) is 0 Å². The molecular formula is C31H38N4O5. The van der Waals surface area contributed by atoms with Crippen LogP contribution in [0.15, 0.2) is 53.3 Å². The van der Waals surface area contributed by atoms with Gasteiger partial charge in [-0.2, -0.15) is 5.10 Å². The maximum absolute atomic E-state index is 14.2. The number of para-hydroxylation sites is 1. The van der Waals surface area contributed by atoms with Crippen molar-refractivity contribution in [1.29, 1.82) is 0 Å². The SMILES string of the molecule is CCn1nc(C(=O)N2CCOC3(CCCCc4ccccc4OCCN(C(C)C)C3=O)C2)c2ccccc2c1=O. The van der Waals surface area contributed by atoms with Crippen molar-refractivity contribution in [1.82, 2.24) is 19.6 Å². The van der Waals surface area contributed by atoms with Crippen molar-refractivity contribution in [2.24, 2.45) is 0 Å². The third-order valence-electron chi connectivity index (χ3n) is 7.96. The fourth-order valence-corrected chi connectivity index (χ4v) is 5.79. The number of aromatic nitrogens is 2. The fourth-order valence-electron chi connectivity index (χ4n) is 5.79. The van der Waals surface area contributed by atoms with E-state index in [1.54, 1.807) is 29.2 Å². The molecule has 1 aromatic heterocycles. The summed E-state index contributed by atoms with van der Waals surface area (Å²) in [4.78, 5) is 44.6. The Morgan fingerprint density at radius 1 is 1.00 bits per heavy atom. The molecule has 3 aromatic rings. The second kappa shape index (κ2) is 11.8. The van der Waals surface area contributed by atoms with E-state index in [-0.39, 0.29) is 42.3 Å². The first-order valence-corrected chi connectivity index (χ1v) is 14.3. The maximum Gasteiger partial charge on any atom is 0.275 e. The van der Waals surface area contributed by atoms with Crippen LogP contribution in [0.2, 0.25) is 0 Å². The molecule has 9 heteroatoms. The smallest absolute Gasteiger partial charge is 0.275 e. The Morgan fingerprint density at radius 3 is 2.52 bits per heavy atom. The molecule has 9 nitrogen and oxygen atoms in total. The fraction of sp³-hybridized carbons (Fsp3) is 0.484. The molecule has 40 heavy (non-hydrogen) atoms. The molecule has 0 saturated carbocycles. The molecule has 0 bridgehead atoms. The quantitative estimate of drug-likeness (QED) is 0.498. The Balaban J connectivity index is 1.47. The van der Waals surface area contributed by atoms with Crippen LogP contribution in [0.4, 0.5) is 0 Å². The summed E-state index contributed by atoms with van der Waals surface area (Å²) < 4.78 is 13.8. The molecule has 5 rings (SSSR count). The lowest BCUT2D eigenvalue weighted by molar-refractivity contribution is -0.172. The summed E-state index contributed by atoms with van der Waals surface area (Å²) in [5.41, 5.74) is -0.00405. The Labute approximate surface area is 234 Å². The first-order chi connectivity index (χ1) is 19.3. The van der Waals surface area contributed by atoms with Gasteiger partial charge in [0.15, 0.2) is 11.3 Å². The summed E-state index contributed by atoms with van der Waals surface area (Å²) in [6.07, 6.45) is 2.97. The third-order valence-corrected chi connectivity index (χ3v) is 7.96. The zero-order valence-corrected chi connectivity index (χ0v) is 23.6. The van der Waals surface area contributed by atoms with Crippen LogP contribution >= 0.6 is 0 Å². The summed E-state index contributed by atoms with van der Waals surface area (Å²) in [6.45, 7) is 7.65. The zero-order valence-electron chi connectivity index (χ0n) is 23.6. The van der Waals surface area contributed by atoms with Crippen LogP contribution < -0.4 is 10.3 Å². The maximum atomic E-state index is 14.2. The van der Waals surface area contributed by atoms with Gasteiger partial charge in [0.05, 0.1) is 25.1 Å². The predicted octanol–water partition coefficient (Wildman–Crippen LogP) is 3.67. The molecule has 1 atom stereocenters. The van der Waals surface area contributed by atoms with Gasteiger partial charge in [-0.1, -0.05) is 36.4 Å². The molecule has 0 radical (unpaired) electrons. The van der Waals surface area contributed by atoms with Crippen molar-refractivity contribution in [3.63, 3.8) is 0 Å². The van der Waals surface area contributed by atoms with Crippen LogP contribution in [0.1, 0.15) is 56.1 Å². The lowest BCUT2D eigenvalue weighted by Crippen LogP contribution is -2.63. The number of ether oxygens (including phenoxy) is 2. The first kappa shape index (κ1) is 27.8. The van der Waals surface area contributed by atoms with Gasteiger partial charge in [-0.25, -0.2) is 4.68 Å². The second-order valence-electron chi connectivity index (χ2n) is 10.8. The Bertz CT molecular complexity index is 1450. The van der Waals surface area contributed by atoms with E-state index in [1.165, 1.54) is 4.68 Å². The van der Waals surface area contributed by atoms with Crippen molar-refractivity contribution in [3.8, 4) is 5.75 Å². The molecule has 1 saturated heterocycles. The molecule has 2 aromatic carbocycles. The monoisotopic (exact) mass is 546 g/mol. The minimum Gasteiger partial charge on any atom is -0.491 e. The number of aryl methyl sites for hydroxylation is 2. The van der Waals surface area contributed by atoms with E-state index in [0.717, 1.165) is 30.6 Å². The number of hydrogen-bond donors (Lipinski definition) is 0. The van der Waals surface area contributed by atoms with Crippen molar-refractivity contribution in [2.75, 3.05) is 32.8 Å². The van der Waals surface area contributed by atoms with Gasteiger partial charge in [-0.15, -0.1) is 0 Å². The van der Waals surface area contributed by atoms with Crippen LogP contribution in [0.5, 0.6) is 5.75 Å². The van der Waals surface area contributed by atoms with E-state index >= 15 is 0 Å². The number of morpholine rings is 1. The lowest BCUT2D eigenvalue weighted by Gasteiger charge is -2.45. The van der Waals surface area contributed by atoms with Gasteiger partial charge in [0.2, 0.25) is 0 Å². The molecule has 2 amide bonds. The number of benzene rings is 2. The summed E-state index contributed by atoms with van der Waals surface area (Å²) in [6, 6.07) is 15.1. The van der Waals surface area contributed by atoms with Crippen LogP contribution in [-0.2, 0) is 22.5 Å². The summed E-state index contributed by atoms with van der Waals surface area (Å²) >= 11 is 0. The third kappa shape index (κ3) is 5.35. The molecule has 1 spiro atoms. The second-order valence-corrected chi connectivity index (χ2v) is 10.8. The molecule has 0 N–H and O–H groups in total. The number of carbonyl (C=O) groups is 2. The van der Waals surface area contributed by atoms with Crippen LogP contribution in [0.25, 0.3) is 10.8 Å². The summed E-state index contributed by atoms with van der Waals surface area (Å²) in [7, 11) is 0. The molecule has 2 aliphatic heterocycles. The Hall–Kier alpha value is -3.72. The van der Waals surface area contributed by atoms with E-state index in [1.807, 2.05) is 43.9 Å². The molecular weight excluding hydrogens is 508 g/mol. The number of carbonyl (C=O) groups excluding carboxylic acids is 2. The average Bonchev–Trinajstić information content (AvgIpc) is 2.97. The topological polar surface area (TPSA) is 94.0 Å². The summed E-state index contributed by atoms with van der Waals surface area (Å²) in [5, 5.41) is 5.43. The number of hydrogen-bond acceptors (Lipinski definition) is 6. The highest BCUT2D eigenvalue weighted by molar-refractivity contribution is 6.05. The van der Waals surface area contributed by atoms with E-state index in [2.05, 4.69) is 11.2 Å². The first-order valence-electron chi connectivity index (χ1n) is 14.3. The minimum atomic E-state index is -1.16. The molecule has 1 fully saturated rings. The van der Waals surface area contributed by atoms with Crippen LogP contribution in [0.3, 0.4) is 0 Å². The van der Waals surface area contributed by atoms with Crippen molar-refractivity contribution in [3.05, 3.63) is 70.1 Å². The van der Waals surface area contributed by atoms with E-state index < -0.39 is 5.60 Å². The lowest BCUT2D eigenvalue weighted by atomic mass is 9.90. The number of rotatable bonds is 3. The highest BCUT2D eigenvalue weighted by Gasteiger charge is 2.47. The predicted molar refractivity (Wildman–Crippen MR) is 153 cm³/mol. The number of fused-ring (bicyclic) bond motifs is 2. The van der Waals surface area contributed by atoms with E-state index in [9.17, 15) is 14.4 Å². The van der Waals surface area contributed by atoms with Crippen molar-refractivity contribution >= 4 is 22.6 Å². The zero-order chi connectivity index (χ0) is 28.3. The molecule has 212 valence electrons. The Morgan fingerprint density at radius 2 is 1.75 bits per heavy atom. The van der Waals surface area contributed by atoms with E-state index in [4.69, 9.17) is 9.47 Å². The Kier molecular flexibility index (Phi) is 8.21. The van der Waals surface area contributed by atoms with Gasteiger partial charge in [0.1, 0.15) is 12.4 Å². The van der Waals surface area contributed by atoms with E-state index in [0.29, 0.717) is 43.4 Å². The van der Waals surface area contributed by atoms with Gasteiger partial charge in [-0.05, 0) is 64.2 Å². The molecule has 2 aliphatic rings. The highest BCUT2D eigenvalue weighted by atomic mass is 16.5. The van der Waals surface area contributed by atoms with Crippen LogP contribution in [-0.4, -0.2) is 75.9 Å². The standard InChI is InChI=1S/C31H38N4O5/c1-4-35-28(36)25-14-7-6-13-24(25)27(32-35)29(37)33-17-20-40-31(21-33)16-10-9-12-23-11-5-8-15-26(23)39-19-18-34(22(2)3)30(31)38/h5-8,11,13-15,22H,4,9-10,12,16-21H2,1-3H3. The highest BCUT2D eigenvalue weighted by Crippen LogP contribution is 2.31. The largest absolute Gasteiger partial charge is 0.491 e. The van der Waals surface area contributed by atoms with Crippen molar-refractivity contribution in [2.45, 2.75) is 64.6 Å². The molecule has 0 aliphatic carbocycles. The average molecular weight is 547 g/mol. The molecule has 1 unspecified atom stereocenters. The number of nitrogens with zero attached hydrogens (tertiary/aromatic N) is 4. The molecule has 3 heterocycles. The van der Waals surface area contributed by atoms with Gasteiger partial charge in [-0.3, -0.25) is 14.4 Å². The number of amides is 2. The van der Waals surface area contributed by atoms with Gasteiger partial charge < -0.3 is 19.3 Å². The van der Waals surface area contributed by atoms with Gasteiger partial charge in [0, 0.05) is 24.5 Å². The normalized spacial score (nSPS) is 20.6. The van der Waals surface area contributed by atoms with Gasteiger partial charge >= 0.3 is 0 Å². The summed E-state index contributed by atoms with van der Waals surface area (Å²) in [5.74, 6) is 0.454.